The second kappa shape index (κ2) is 6.81. The van der Waals surface area contributed by atoms with E-state index >= 15 is 0 Å². The number of nitrogens with zero attached hydrogens (tertiary/aromatic N) is 4. The molecule has 3 aromatic rings. The Morgan fingerprint density at radius 1 is 1.32 bits per heavy atom. The average molecular weight is 402 g/mol. The van der Waals surface area contributed by atoms with Crippen LogP contribution in [0, 0.1) is 0 Å². The molecule has 0 aliphatic carbocycles. The summed E-state index contributed by atoms with van der Waals surface area (Å²) in [7, 11) is 0. The molecule has 1 saturated heterocycles. The molecule has 1 atom stereocenters. The van der Waals surface area contributed by atoms with E-state index in [9.17, 15) is 4.79 Å². The van der Waals surface area contributed by atoms with Gasteiger partial charge in [-0.05, 0) is 23.8 Å². The van der Waals surface area contributed by atoms with Crippen molar-refractivity contribution >= 4 is 33.3 Å². The van der Waals surface area contributed by atoms with Gasteiger partial charge in [-0.3, -0.25) is 0 Å². The summed E-state index contributed by atoms with van der Waals surface area (Å²) in [6.45, 7) is 1.52. The molecule has 1 unspecified atom stereocenters. The Morgan fingerprint density at radius 2 is 2.16 bits per heavy atom. The highest BCUT2D eigenvalue weighted by Gasteiger charge is 2.29. The lowest BCUT2D eigenvalue weighted by molar-refractivity contribution is 0.0148. The topological polar surface area (TPSA) is 71.8 Å². The van der Waals surface area contributed by atoms with Gasteiger partial charge in [-0.1, -0.05) is 28.1 Å². The van der Waals surface area contributed by atoms with Gasteiger partial charge in [0.25, 0.3) is 0 Å². The predicted octanol–water partition coefficient (Wildman–Crippen LogP) is 3.10. The first kappa shape index (κ1) is 16.0. The molecule has 25 heavy (non-hydrogen) atoms. The van der Waals surface area contributed by atoms with E-state index in [1.165, 1.54) is 0 Å². The Kier molecular flexibility index (Phi) is 4.37. The summed E-state index contributed by atoms with van der Waals surface area (Å²) >= 11 is 3.44. The van der Waals surface area contributed by atoms with Gasteiger partial charge in [-0.15, -0.1) is 0 Å². The molecule has 1 aromatic carbocycles. The summed E-state index contributed by atoms with van der Waals surface area (Å²) < 4.78 is 8.22. The first-order valence-corrected chi connectivity index (χ1v) is 8.71. The molecule has 1 N–H and O–H groups in total. The number of urea groups is 1. The lowest BCUT2D eigenvalue weighted by Gasteiger charge is -2.35. The SMILES string of the molecule is O=C(Nc1cnn2cccnc12)N1CCOCC1c1ccc(Br)cc1. The first-order chi connectivity index (χ1) is 12.2. The molecular weight excluding hydrogens is 386 g/mol. The lowest BCUT2D eigenvalue weighted by atomic mass is 10.1. The van der Waals surface area contributed by atoms with Crippen LogP contribution in [0.5, 0.6) is 0 Å². The van der Waals surface area contributed by atoms with Crippen LogP contribution in [0.4, 0.5) is 10.5 Å². The molecule has 0 radical (unpaired) electrons. The molecule has 2 amide bonds. The minimum absolute atomic E-state index is 0.128. The molecule has 0 spiro atoms. The number of amides is 2. The number of benzene rings is 1. The number of ether oxygens (including phenoxy) is 1. The van der Waals surface area contributed by atoms with Gasteiger partial charge in [0.2, 0.25) is 0 Å². The van der Waals surface area contributed by atoms with Crippen LogP contribution >= 0.6 is 15.9 Å². The number of fused-ring (bicyclic) bond motifs is 1. The zero-order chi connectivity index (χ0) is 17.2. The first-order valence-electron chi connectivity index (χ1n) is 7.91. The van der Waals surface area contributed by atoms with Gasteiger partial charge in [0, 0.05) is 23.4 Å². The van der Waals surface area contributed by atoms with Crippen molar-refractivity contribution in [1.82, 2.24) is 19.5 Å². The van der Waals surface area contributed by atoms with Crippen LogP contribution in [0.3, 0.4) is 0 Å². The molecule has 0 bridgehead atoms. The van der Waals surface area contributed by atoms with Crippen molar-refractivity contribution in [3.8, 4) is 0 Å². The molecule has 3 heterocycles. The minimum atomic E-state index is -0.184. The highest BCUT2D eigenvalue weighted by Crippen LogP contribution is 2.26. The zero-order valence-corrected chi connectivity index (χ0v) is 14.9. The highest BCUT2D eigenvalue weighted by atomic mass is 79.9. The fraction of sp³-hybridized carbons (Fsp3) is 0.235. The number of rotatable bonds is 2. The van der Waals surface area contributed by atoms with Crippen LogP contribution in [0.1, 0.15) is 11.6 Å². The van der Waals surface area contributed by atoms with E-state index in [2.05, 4.69) is 31.3 Å². The summed E-state index contributed by atoms with van der Waals surface area (Å²) in [5, 5.41) is 7.12. The molecule has 0 saturated carbocycles. The van der Waals surface area contributed by atoms with Gasteiger partial charge >= 0.3 is 6.03 Å². The molecule has 1 aliphatic heterocycles. The molecule has 128 valence electrons. The van der Waals surface area contributed by atoms with Gasteiger partial charge in [-0.25, -0.2) is 14.3 Å². The largest absolute Gasteiger partial charge is 0.377 e. The summed E-state index contributed by atoms with van der Waals surface area (Å²) in [5.41, 5.74) is 2.24. The Labute approximate surface area is 152 Å². The van der Waals surface area contributed by atoms with E-state index in [1.807, 2.05) is 24.3 Å². The summed E-state index contributed by atoms with van der Waals surface area (Å²) in [6, 6.07) is 9.41. The Morgan fingerprint density at radius 3 is 3.00 bits per heavy atom. The monoisotopic (exact) mass is 401 g/mol. The van der Waals surface area contributed by atoms with Crippen molar-refractivity contribution in [2.75, 3.05) is 25.1 Å². The third-order valence-corrected chi connectivity index (χ3v) is 4.69. The molecule has 8 heteroatoms. The zero-order valence-electron chi connectivity index (χ0n) is 13.3. The van der Waals surface area contributed by atoms with Crippen LogP contribution in [0.15, 0.2) is 53.4 Å². The number of halogens is 1. The van der Waals surface area contributed by atoms with E-state index in [0.29, 0.717) is 31.1 Å². The fourth-order valence-electron chi connectivity index (χ4n) is 2.91. The quantitative estimate of drug-likeness (QED) is 0.715. The number of morpholine rings is 1. The van der Waals surface area contributed by atoms with Crippen LogP contribution in [0.2, 0.25) is 0 Å². The lowest BCUT2D eigenvalue weighted by Crippen LogP contribution is -2.45. The third-order valence-electron chi connectivity index (χ3n) is 4.17. The summed E-state index contributed by atoms with van der Waals surface area (Å²) in [5.74, 6) is 0. The van der Waals surface area contributed by atoms with Gasteiger partial charge in [0.05, 0.1) is 25.5 Å². The van der Waals surface area contributed by atoms with E-state index in [1.54, 1.807) is 34.1 Å². The normalized spacial score (nSPS) is 17.6. The van der Waals surface area contributed by atoms with Crippen LogP contribution < -0.4 is 5.32 Å². The minimum Gasteiger partial charge on any atom is -0.377 e. The molecule has 1 fully saturated rings. The number of anilines is 1. The fourth-order valence-corrected chi connectivity index (χ4v) is 3.17. The molecular formula is C17H16BrN5O2. The number of carbonyl (C=O) groups excluding carboxylic acids is 1. The van der Waals surface area contributed by atoms with Gasteiger partial charge in [0.15, 0.2) is 5.65 Å². The number of hydrogen-bond donors (Lipinski definition) is 1. The Hall–Kier alpha value is -2.45. The highest BCUT2D eigenvalue weighted by molar-refractivity contribution is 9.10. The molecule has 4 rings (SSSR count). The maximum absolute atomic E-state index is 12.8. The standard InChI is InChI=1S/C17H16BrN5O2/c18-13-4-2-12(3-5-13)15-11-25-9-8-22(15)17(24)21-14-10-20-23-7-1-6-19-16(14)23/h1-7,10,15H,8-9,11H2,(H,21,24). The summed E-state index contributed by atoms with van der Waals surface area (Å²) in [4.78, 5) is 18.9. The second-order valence-corrected chi connectivity index (χ2v) is 6.63. The second-order valence-electron chi connectivity index (χ2n) is 5.71. The number of aromatic nitrogens is 3. The van der Waals surface area contributed by atoms with Crippen LogP contribution in [0.25, 0.3) is 5.65 Å². The van der Waals surface area contributed by atoms with Crippen molar-refractivity contribution in [3.05, 3.63) is 59.0 Å². The summed E-state index contributed by atoms with van der Waals surface area (Å²) in [6.07, 6.45) is 5.07. The van der Waals surface area contributed by atoms with Crippen molar-refractivity contribution < 1.29 is 9.53 Å². The molecule has 2 aromatic heterocycles. The van der Waals surface area contributed by atoms with E-state index in [0.717, 1.165) is 10.0 Å². The van der Waals surface area contributed by atoms with Gasteiger partial charge in [0.1, 0.15) is 5.69 Å². The molecule has 1 aliphatic rings. The van der Waals surface area contributed by atoms with E-state index < -0.39 is 0 Å². The van der Waals surface area contributed by atoms with Crippen molar-refractivity contribution in [3.63, 3.8) is 0 Å². The number of carbonyl (C=O) groups is 1. The Balaban J connectivity index is 1.57. The van der Waals surface area contributed by atoms with Gasteiger partial charge < -0.3 is 15.0 Å². The van der Waals surface area contributed by atoms with Crippen LogP contribution in [-0.2, 0) is 4.74 Å². The van der Waals surface area contributed by atoms with E-state index in [4.69, 9.17) is 4.74 Å². The van der Waals surface area contributed by atoms with Crippen molar-refractivity contribution in [2.45, 2.75) is 6.04 Å². The maximum Gasteiger partial charge on any atom is 0.322 e. The Bertz CT molecular complexity index is 895. The predicted molar refractivity (Wildman–Crippen MR) is 96.4 cm³/mol. The third kappa shape index (κ3) is 3.22. The molecule has 7 nitrogen and oxygen atoms in total. The van der Waals surface area contributed by atoms with E-state index in [-0.39, 0.29) is 12.1 Å². The van der Waals surface area contributed by atoms with Gasteiger partial charge in [-0.2, -0.15) is 5.10 Å². The average Bonchev–Trinajstić information content (AvgIpc) is 3.05. The maximum atomic E-state index is 12.8. The van der Waals surface area contributed by atoms with Crippen LogP contribution in [-0.4, -0.2) is 45.3 Å². The number of hydrogen-bond acceptors (Lipinski definition) is 4. The van der Waals surface area contributed by atoms with Crippen molar-refractivity contribution in [2.24, 2.45) is 0 Å². The van der Waals surface area contributed by atoms with Crippen molar-refractivity contribution in [1.29, 1.82) is 0 Å². The number of nitrogens with one attached hydrogen (secondary N) is 1. The smallest absolute Gasteiger partial charge is 0.322 e.